The van der Waals surface area contributed by atoms with Crippen LogP contribution in [0.3, 0.4) is 0 Å². The van der Waals surface area contributed by atoms with Crippen molar-refractivity contribution in [3.05, 3.63) is 0 Å². The summed E-state index contributed by atoms with van der Waals surface area (Å²) < 4.78 is 16.4. The number of ether oxygens (including phenoxy) is 3. The van der Waals surface area contributed by atoms with Crippen LogP contribution in [0.15, 0.2) is 0 Å². The first kappa shape index (κ1) is 31.7. The van der Waals surface area contributed by atoms with Crippen LogP contribution in [0.2, 0.25) is 0 Å². The molecule has 0 saturated heterocycles. The van der Waals surface area contributed by atoms with Gasteiger partial charge < -0.3 is 35.1 Å². The van der Waals surface area contributed by atoms with Crippen molar-refractivity contribution in [2.75, 3.05) is 86.0 Å². The number of hydrogen-bond acceptors (Lipinski definition) is 7. The first-order chi connectivity index (χ1) is 16.1. The van der Waals surface area contributed by atoms with Crippen molar-refractivity contribution in [2.45, 2.75) is 58.8 Å². The lowest BCUT2D eigenvalue weighted by atomic mass is 10.2. The average molecular weight is 475 g/mol. The molecule has 0 aliphatic heterocycles. The maximum absolute atomic E-state index is 11.8. The third kappa shape index (κ3) is 25.2. The Bertz CT molecular complexity index is 455. The zero-order valence-electron chi connectivity index (χ0n) is 21.4. The topological polar surface area (TPSA) is 101 Å². The van der Waals surface area contributed by atoms with E-state index in [0.29, 0.717) is 65.4 Å². The minimum atomic E-state index is -0.0146. The molecule has 2 amide bonds. The van der Waals surface area contributed by atoms with E-state index in [2.05, 4.69) is 41.7 Å². The van der Waals surface area contributed by atoms with Crippen molar-refractivity contribution in [1.29, 1.82) is 0 Å². The van der Waals surface area contributed by atoms with E-state index >= 15 is 0 Å². The molecule has 0 saturated carbocycles. The molecule has 196 valence electrons. The summed E-state index contributed by atoms with van der Waals surface area (Å²) in [4.78, 5) is 25.9. The van der Waals surface area contributed by atoms with Crippen LogP contribution in [0.4, 0.5) is 0 Å². The minimum absolute atomic E-state index is 0.0146. The van der Waals surface area contributed by atoms with Gasteiger partial charge in [0.05, 0.1) is 26.4 Å². The molecule has 3 N–H and O–H groups in total. The SMILES string of the molecule is CCNCCCOCCOCCOCCCNC(=O)CCCC(=O)NCCCCN(C)CC. The molecule has 0 rings (SSSR count). The Labute approximate surface area is 201 Å². The molecule has 0 aromatic rings. The predicted molar refractivity (Wildman–Crippen MR) is 133 cm³/mol. The molecule has 0 heterocycles. The quantitative estimate of drug-likeness (QED) is 0.173. The molecule has 0 aromatic heterocycles. The fourth-order valence-electron chi connectivity index (χ4n) is 2.90. The normalized spacial score (nSPS) is 11.2. The van der Waals surface area contributed by atoms with Crippen LogP contribution in [0, 0.1) is 0 Å². The van der Waals surface area contributed by atoms with Crippen LogP contribution in [-0.4, -0.2) is 103 Å². The van der Waals surface area contributed by atoms with Gasteiger partial charge in [0.2, 0.25) is 11.8 Å². The number of nitrogens with zero attached hydrogens (tertiary/aromatic N) is 1. The molecule has 9 nitrogen and oxygen atoms in total. The zero-order chi connectivity index (χ0) is 24.4. The summed E-state index contributed by atoms with van der Waals surface area (Å²) in [7, 11) is 2.10. The minimum Gasteiger partial charge on any atom is -0.379 e. The molecule has 33 heavy (non-hydrogen) atoms. The van der Waals surface area contributed by atoms with Gasteiger partial charge in [0, 0.05) is 39.1 Å². The summed E-state index contributed by atoms with van der Waals surface area (Å²) in [6, 6.07) is 0. The van der Waals surface area contributed by atoms with Crippen molar-refractivity contribution in [2.24, 2.45) is 0 Å². The number of nitrogens with one attached hydrogen (secondary N) is 3. The van der Waals surface area contributed by atoms with Gasteiger partial charge in [0.15, 0.2) is 0 Å². The molecule has 0 bridgehead atoms. The first-order valence-electron chi connectivity index (χ1n) is 12.8. The first-order valence-corrected chi connectivity index (χ1v) is 12.8. The third-order valence-electron chi connectivity index (χ3n) is 5.06. The molecule has 0 spiro atoms. The average Bonchev–Trinajstić information content (AvgIpc) is 2.81. The lowest BCUT2D eigenvalue weighted by molar-refractivity contribution is -0.122. The molecular formula is C24H50N4O5. The molecule has 0 radical (unpaired) electrons. The number of carbonyl (C=O) groups is 2. The Hall–Kier alpha value is -1.26. The lowest BCUT2D eigenvalue weighted by Gasteiger charge is -2.13. The Morgan fingerprint density at radius 1 is 0.667 bits per heavy atom. The van der Waals surface area contributed by atoms with Crippen LogP contribution >= 0.6 is 0 Å². The Kier molecular flexibility index (Phi) is 24.4. The van der Waals surface area contributed by atoms with Crippen molar-refractivity contribution >= 4 is 11.8 Å². The highest BCUT2D eigenvalue weighted by atomic mass is 16.5. The number of hydrogen-bond donors (Lipinski definition) is 3. The monoisotopic (exact) mass is 474 g/mol. The van der Waals surface area contributed by atoms with Gasteiger partial charge in [-0.15, -0.1) is 0 Å². The summed E-state index contributed by atoms with van der Waals surface area (Å²) in [6.07, 6.45) is 5.18. The number of amides is 2. The van der Waals surface area contributed by atoms with Gasteiger partial charge in [-0.3, -0.25) is 9.59 Å². The fraction of sp³-hybridized carbons (Fsp3) is 0.917. The molecule has 0 aromatic carbocycles. The highest BCUT2D eigenvalue weighted by Gasteiger charge is 2.05. The second kappa shape index (κ2) is 25.4. The summed E-state index contributed by atoms with van der Waals surface area (Å²) in [5, 5.41) is 9.04. The van der Waals surface area contributed by atoms with E-state index in [1.165, 1.54) is 0 Å². The van der Waals surface area contributed by atoms with Crippen LogP contribution in [-0.2, 0) is 23.8 Å². The van der Waals surface area contributed by atoms with Crippen LogP contribution in [0.1, 0.15) is 58.8 Å². The molecule has 9 heteroatoms. The fourth-order valence-corrected chi connectivity index (χ4v) is 2.90. The Morgan fingerprint density at radius 3 is 1.73 bits per heavy atom. The second-order valence-electron chi connectivity index (χ2n) is 8.05. The highest BCUT2D eigenvalue weighted by molar-refractivity contribution is 5.78. The second-order valence-corrected chi connectivity index (χ2v) is 8.05. The van der Waals surface area contributed by atoms with Gasteiger partial charge >= 0.3 is 0 Å². The van der Waals surface area contributed by atoms with Crippen molar-refractivity contribution in [1.82, 2.24) is 20.9 Å². The van der Waals surface area contributed by atoms with Crippen LogP contribution in [0.25, 0.3) is 0 Å². The van der Waals surface area contributed by atoms with Gasteiger partial charge in [-0.05, 0) is 65.3 Å². The van der Waals surface area contributed by atoms with Gasteiger partial charge in [-0.2, -0.15) is 0 Å². The van der Waals surface area contributed by atoms with Crippen molar-refractivity contribution in [3.63, 3.8) is 0 Å². The summed E-state index contributed by atoms with van der Waals surface area (Å²) in [6.45, 7) is 13.2. The van der Waals surface area contributed by atoms with Crippen LogP contribution < -0.4 is 16.0 Å². The van der Waals surface area contributed by atoms with E-state index < -0.39 is 0 Å². The van der Waals surface area contributed by atoms with E-state index in [0.717, 1.165) is 58.5 Å². The van der Waals surface area contributed by atoms with Gasteiger partial charge in [-0.25, -0.2) is 0 Å². The molecule has 0 fully saturated rings. The third-order valence-corrected chi connectivity index (χ3v) is 5.06. The molecule has 0 aliphatic carbocycles. The van der Waals surface area contributed by atoms with E-state index in [1.54, 1.807) is 0 Å². The number of unbranched alkanes of at least 4 members (excludes halogenated alkanes) is 1. The largest absolute Gasteiger partial charge is 0.379 e. The summed E-state index contributed by atoms with van der Waals surface area (Å²) >= 11 is 0. The maximum atomic E-state index is 11.8. The Balaban J connectivity index is 3.29. The molecule has 0 atom stereocenters. The van der Waals surface area contributed by atoms with E-state index in [-0.39, 0.29) is 11.8 Å². The molecular weight excluding hydrogens is 424 g/mol. The summed E-state index contributed by atoms with van der Waals surface area (Å²) in [5.74, 6) is 0.0114. The summed E-state index contributed by atoms with van der Waals surface area (Å²) in [5.41, 5.74) is 0. The van der Waals surface area contributed by atoms with Crippen molar-refractivity contribution in [3.8, 4) is 0 Å². The van der Waals surface area contributed by atoms with E-state index in [1.807, 2.05) is 0 Å². The number of rotatable bonds is 25. The van der Waals surface area contributed by atoms with Crippen LogP contribution in [0.5, 0.6) is 0 Å². The van der Waals surface area contributed by atoms with Crippen molar-refractivity contribution < 1.29 is 23.8 Å². The zero-order valence-corrected chi connectivity index (χ0v) is 21.4. The van der Waals surface area contributed by atoms with Gasteiger partial charge in [0.25, 0.3) is 0 Å². The van der Waals surface area contributed by atoms with E-state index in [9.17, 15) is 9.59 Å². The lowest BCUT2D eigenvalue weighted by Crippen LogP contribution is -2.27. The standard InChI is InChI=1S/C24H50N4O5/c1-4-25-13-9-17-31-19-21-33-22-20-32-18-10-15-27-24(30)12-8-11-23(29)26-14-6-7-16-28(3)5-2/h25H,4-22H2,1-3H3,(H,26,29)(H,27,30). The maximum Gasteiger partial charge on any atom is 0.220 e. The Morgan fingerprint density at radius 2 is 1.18 bits per heavy atom. The highest BCUT2D eigenvalue weighted by Crippen LogP contribution is 1.97. The number of carbonyl (C=O) groups excluding carboxylic acids is 2. The van der Waals surface area contributed by atoms with Gasteiger partial charge in [-0.1, -0.05) is 13.8 Å². The van der Waals surface area contributed by atoms with E-state index in [4.69, 9.17) is 14.2 Å². The molecule has 0 aliphatic rings. The predicted octanol–water partition coefficient (Wildman–Crippen LogP) is 1.56. The van der Waals surface area contributed by atoms with Gasteiger partial charge in [0.1, 0.15) is 0 Å². The molecule has 0 unspecified atom stereocenters. The smallest absolute Gasteiger partial charge is 0.220 e.